The van der Waals surface area contributed by atoms with Gasteiger partial charge in [-0.3, -0.25) is 10.1 Å². The van der Waals surface area contributed by atoms with Crippen LogP contribution in [0.2, 0.25) is 0 Å². The van der Waals surface area contributed by atoms with E-state index in [-0.39, 0.29) is 17.1 Å². The minimum absolute atomic E-state index is 0.0752. The van der Waals surface area contributed by atoms with Crippen LogP contribution in [0.1, 0.15) is 5.82 Å². The number of nitro benzene ring substituents is 1. The molecular formula is C10H7F3N4O3. The van der Waals surface area contributed by atoms with Gasteiger partial charge >= 0.3 is 6.18 Å². The van der Waals surface area contributed by atoms with Crippen LogP contribution >= 0.6 is 0 Å². The van der Waals surface area contributed by atoms with Crippen LogP contribution in [-0.2, 0) is 6.42 Å². The van der Waals surface area contributed by atoms with Crippen LogP contribution in [0.3, 0.4) is 0 Å². The van der Waals surface area contributed by atoms with Crippen molar-refractivity contribution >= 4 is 11.4 Å². The number of nitrogen functional groups attached to an aromatic ring is 1. The van der Waals surface area contributed by atoms with Gasteiger partial charge in [0.1, 0.15) is 12.1 Å². The van der Waals surface area contributed by atoms with E-state index in [0.29, 0.717) is 0 Å². The Labute approximate surface area is 109 Å². The second-order valence-corrected chi connectivity index (χ2v) is 3.84. The second kappa shape index (κ2) is 4.79. The summed E-state index contributed by atoms with van der Waals surface area (Å²) < 4.78 is 41.1. The molecule has 1 heterocycles. The van der Waals surface area contributed by atoms with Gasteiger partial charge in [0.25, 0.3) is 11.6 Å². The fourth-order valence-electron chi connectivity index (χ4n) is 1.46. The van der Waals surface area contributed by atoms with Crippen molar-refractivity contribution in [2.75, 3.05) is 5.73 Å². The summed E-state index contributed by atoms with van der Waals surface area (Å²) in [6.45, 7) is 0. The number of halogens is 3. The summed E-state index contributed by atoms with van der Waals surface area (Å²) in [6, 6.07) is 3.63. The van der Waals surface area contributed by atoms with Crippen LogP contribution in [0, 0.1) is 10.1 Å². The predicted octanol–water partition coefficient (Wildman–Crippen LogP) is 2.33. The molecule has 0 amide bonds. The molecule has 2 aromatic rings. The molecule has 1 aromatic carbocycles. The summed E-state index contributed by atoms with van der Waals surface area (Å²) in [5.74, 6) is -0.792. The van der Waals surface area contributed by atoms with Crippen LogP contribution in [0.25, 0.3) is 11.5 Å². The molecular weight excluding hydrogens is 281 g/mol. The number of benzene rings is 1. The van der Waals surface area contributed by atoms with Crippen molar-refractivity contribution < 1.29 is 22.6 Å². The topological polar surface area (TPSA) is 108 Å². The van der Waals surface area contributed by atoms with E-state index >= 15 is 0 Å². The number of nitrogens with zero attached hydrogens (tertiary/aromatic N) is 3. The van der Waals surface area contributed by atoms with Crippen LogP contribution < -0.4 is 5.73 Å². The molecule has 0 bridgehead atoms. The van der Waals surface area contributed by atoms with E-state index in [9.17, 15) is 23.3 Å². The van der Waals surface area contributed by atoms with Gasteiger partial charge in [0.15, 0.2) is 5.82 Å². The summed E-state index contributed by atoms with van der Waals surface area (Å²) in [5.41, 5.74) is 5.05. The number of hydrogen-bond acceptors (Lipinski definition) is 6. The summed E-state index contributed by atoms with van der Waals surface area (Å²) in [6.07, 6.45) is -5.80. The minimum atomic E-state index is -4.46. The maximum Gasteiger partial charge on any atom is 0.396 e. The van der Waals surface area contributed by atoms with Crippen LogP contribution in [0.15, 0.2) is 22.7 Å². The molecule has 0 saturated carbocycles. The van der Waals surface area contributed by atoms with E-state index in [0.717, 1.165) is 6.07 Å². The number of anilines is 1. The molecule has 106 valence electrons. The molecule has 2 N–H and O–H groups in total. The van der Waals surface area contributed by atoms with Gasteiger partial charge in [0.05, 0.1) is 4.92 Å². The van der Waals surface area contributed by atoms with Crippen molar-refractivity contribution in [3.63, 3.8) is 0 Å². The average Bonchev–Trinajstić information content (AvgIpc) is 2.75. The molecule has 0 aliphatic heterocycles. The van der Waals surface area contributed by atoms with Gasteiger partial charge in [-0.1, -0.05) is 5.16 Å². The van der Waals surface area contributed by atoms with Gasteiger partial charge in [0, 0.05) is 11.6 Å². The van der Waals surface area contributed by atoms with Crippen molar-refractivity contribution in [3.05, 3.63) is 34.1 Å². The predicted molar refractivity (Wildman–Crippen MR) is 60.6 cm³/mol. The molecule has 0 unspecified atom stereocenters. The maximum absolute atomic E-state index is 12.1. The number of hydrogen-bond donors (Lipinski definition) is 1. The summed E-state index contributed by atoms with van der Waals surface area (Å²) in [7, 11) is 0. The highest BCUT2D eigenvalue weighted by molar-refractivity contribution is 5.67. The Bertz CT molecular complexity index is 653. The van der Waals surface area contributed by atoms with Gasteiger partial charge < -0.3 is 10.3 Å². The molecule has 0 atom stereocenters. The summed E-state index contributed by atoms with van der Waals surface area (Å²) >= 11 is 0. The molecule has 0 aliphatic rings. The standard InChI is InChI=1S/C10H7F3N4O3/c11-10(12,13)4-8-15-9(20-16-8)5-1-2-6(14)7(3-5)17(18)19/h1-3H,4,14H2. The third-order valence-corrected chi connectivity index (χ3v) is 2.30. The minimum Gasteiger partial charge on any atom is -0.393 e. The number of nitrogens with two attached hydrogens (primary N) is 1. The van der Waals surface area contributed by atoms with Gasteiger partial charge in [0.2, 0.25) is 0 Å². The Kier molecular flexibility index (Phi) is 3.30. The summed E-state index contributed by atoms with van der Waals surface area (Å²) in [4.78, 5) is 13.5. The Morgan fingerprint density at radius 1 is 1.40 bits per heavy atom. The molecule has 0 fully saturated rings. The second-order valence-electron chi connectivity index (χ2n) is 3.84. The lowest BCUT2D eigenvalue weighted by atomic mass is 10.2. The van der Waals surface area contributed by atoms with Crippen LogP contribution in [-0.4, -0.2) is 21.2 Å². The van der Waals surface area contributed by atoms with Gasteiger partial charge in [-0.2, -0.15) is 18.2 Å². The quantitative estimate of drug-likeness (QED) is 0.527. The molecule has 2 rings (SSSR count). The molecule has 0 radical (unpaired) electrons. The highest BCUT2D eigenvalue weighted by atomic mass is 19.4. The molecule has 0 spiro atoms. The highest BCUT2D eigenvalue weighted by Gasteiger charge is 2.30. The largest absolute Gasteiger partial charge is 0.396 e. The molecule has 7 nitrogen and oxygen atoms in total. The monoisotopic (exact) mass is 288 g/mol. The van der Waals surface area contributed by atoms with Gasteiger partial charge in [-0.25, -0.2) is 0 Å². The van der Waals surface area contributed by atoms with E-state index in [1.807, 2.05) is 0 Å². The van der Waals surface area contributed by atoms with Crippen molar-refractivity contribution in [3.8, 4) is 11.5 Å². The Hall–Kier alpha value is -2.65. The first-order valence-electron chi connectivity index (χ1n) is 5.20. The average molecular weight is 288 g/mol. The van der Waals surface area contributed by atoms with E-state index < -0.39 is 29.0 Å². The lowest BCUT2D eigenvalue weighted by Gasteiger charge is -2.00. The molecule has 1 aromatic heterocycles. The Morgan fingerprint density at radius 2 is 2.10 bits per heavy atom. The number of nitro groups is 1. The fraction of sp³-hybridized carbons (Fsp3) is 0.200. The molecule has 20 heavy (non-hydrogen) atoms. The number of aromatic nitrogens is 2. The van der Waals surface area contributed by atoms with Crippen molar-refractivity contribution in [2.24, 2.45) is 0 Å². The first-order chi connectivity index (χ1) is 9.26. The van der Waals surface area contributed by atoms with E-state index in [1.165, 1.54) is 12.1 Å². The first kappa shape index (κ1) is 13.8. The van der Waals surface area contributed by atoms with Crippen molar-refractivity contribution in [2.45, 2.75) is 12.6 Å². The third kappa shape index (κ3) is 3.02. The van der Waals surface area contributed by atoms with E-state index in [2.05, 4.69) is 14.7 Å². The maximum atomic E-state index is 12.1. The fourth-order valence-corrected chi connectivity index (χ4v) is 1.46. The Morgan fingerprint density at radius 3 is 2.70 bits per heavy atom. The summed E-state index contributed by atoms with van der Waals surface area (Å²) in [5, 5.41) is 13.9. The van der Waals surface area contributed by atoms with Crippen molar-refractivity contribution in [1.29, 1.82) is 0 Å². The lowest BCUT2D eigenvalue weighted by Crippen LogP contribution is -2.12. The zero-order valence-corrected chi connectivity index (χ0v) is 9.72. The first-order valence-corrected chi connectivity index (χ1v) is 5.20. The lowest BCUT2D eigenvalue weighted by molar-refractivity contribution is -0.383. The Balaban J connectivity index is 2.33. The third-order valence-electron chi connectivity index (χ3n) is 2.30. The number of alkyl halides is 3. The smallest absolute Gasteiger partial charge is 0.393 e. The van der Waals surface area contributed by atoms with Gasteiger partial charge in [-0.05, 0) is 12.1 Å². The van der Waals surface area contributed by atoms with Crippen molar-refractivity contribution in [1.82, 2.24) is 10.1 Å². The SMILES string of the molecule is Nc1ccc(-c2nc(CC(F)(F)F)no2)cc1[N+](=O)[O-]. The molecule has 0 aliphatic carbocycles. The highest BCUT2D eigenvalue weighted by Crippen LogP contribution is 2.28. The van der Waals surface area contributed by atoms with Crippen LogP contribution in [0.4, 0.5) is 24.5 Å². The molecule has 10 heteroatoms. The molecule has 0 saturated heterocycles. The van der Waals surface area contributed by atoms with Gasteiger partial charge in [-0.15, -0.1) is 0 Å². The van der Waals surface area contributed by atoms with E-state index in [4.69, 9.17) is 5.73 Å². The number of rotatable bonds is 3. The zero-order chi connectivity index (χ0) is 14.9. The zero-order valence-electron chi connectivity index (χ0n) is 9.72. The van der Waals surface area contributed by atoms with E-state index in [1.54, 1.807) is 0 Å². The normalized spacial score (nSPS) is 11.6. The van der Waals surface area contributed by atoms with Crippen LogP contribution in [0.5, 0.6) is 0 Å².